The van der Waals surface area contributed by atoms with Crippen molar-refractivity contribution >= 4 is 21.8 Å². The van der Waals surface area contributed by atoms with Crippen molar-refractivity contribution in [2.75, 3.05) is 25.0 Å². The van der Waals surface area contributed by atoms with Crippen LogP contribution in [0, 0.1) is 0 Å². The fourth-order valence-electron chi connectivity index (χ4n) is 3.69. The van der Waals surface area contributed by atoms with Gasteiger partial charge in [-0.3, -0.25) is 9.69 Å². The second kappa shape index (κ2) is 9.20. The van der Waals surface area contributed by atoms with E-state index in [1.807, 2.05) is 30.3 Å². The van der Waals surface area contributed by atoms with Crippen LogP contribution in [0.25, 0.3) is 0 Å². The Bertz CT molecular complexity index is 884. The summed E-state index contributed by atoms with van der Waals surface area (Å²) in [7, 11) is 0. The summed E-state index contributed by atoms with van der Waals surface area (Å²) < 4.78 is 78.9. The first-order chi connectivity index (χ1) is 14.5. The number of hydrogen-bond donors (Lipinski definition) is 0. The zero-order valence-corrected chi connectivity index (χ0v) is 17.8. The third-order valence-corrected chi connectivity index (χ3v) is 5.62. The molecular formula is C21H19BrF6N2O. The predicted octanol–water partition coefficient (Wildman–Crippen LogP) is 5.50. The van der Waals surface area contributed by atoms with Crippen LogP contribution < -0.4 is 0 Å². The minimum atomic E-state index is -4.89. The molecule has 1 aliphatic heterocycles. The quantitative estimate of drug-likeness (QED) is 0.402. The number of piperazine rings is 1. The first-order valence-corrected chi connectivity index (χ1v) is 10.5. The molecule has 0 saturated carbocycles. The number of carbonyl (C=O) groups excluding carboxylic acids is 1. The van der Waals surface area contributed by atoms with Crippen LogP contribution >= 0.6 is 15.9 Å². The van der Waals surface area contributed by atoms with Crippen LogP contribution in [-0.2, 0) is 23.7 Å². The normalized spacial score (nSPS) is 18.3. The van der Waals surface area contributed by atoms with Gasteiger partial charge in [-0.05, 0) is 29.3 Å². The molecule has 31 heavy (non-hydrogen) atoms. The summed E-state index contributed by atoms with van der Waals surface area (Å²) in [6, 6.07) is 10.4. The molecule has 3 rings (SSSR count). The Labute approximate surface area is 183 Å². The molecule has 0 bridgehead atoms. The summed E-state index contributed by atoms with van der Waals surface area (Å²) in [4.78, 5) is 15.8. The molecule has 1 atom stereocenters. The molecule has 1 fully saturated rings. The Morgan fingerprint density at radius 1 is 0.935 bits per heavy atom. The average molecular weight is 509 g/mol. The van der Waals surface area contributed by atoms with Gasteiger partial charge in [-0.15, -0.1) is 0 Å². The number of alkyl halides is 7. The molecule has 0 spiro atoms. The number of nitrogens with zero attached hydrogens (tertiary/aromatic N) is 2. The Balaban J connectivity index is 1.88. The zero-order chi connectivity index (χ0) is 22.8. The van der Waals surface area contributed by atoms with Gasteiger partial charge in [0.15, 0.2) is 0 Å². The maximum absolute atomic E-state index is 13.1. The van der Waals surface area contributed by atoms with E-state index in [2.05, 4.69) is 15.9 Å². The number of halogens is 7. The summed E-state index contributed by atoms with van der Waals surface area (Å²) >= 11 is 3.15. The lowest BCUT2D eigenvalue weighted by Gasteiger charge is -2.41. The fourth-order valence-corrected chi connectivity index (χ4v) is 4.01. The van der Waals surface area contributed by atoms with Crippen LogP contribution in [0.3, 0.4) is 0 Å². The Morgan fingerprint density at radius 2 is 1.52 bits per heavy atom. The molecule has 1 saturated heterocycles. The van der Waals surface area contributed by atoms with Gasteiger partial charge in [0.2, 0.25) is 5.91 Å². The van der Waals surface area contributed by atoms with Crippen LogP contribution in [0.4, 0.5) is 26.3 Å². The summed E-state index contributed by atoms with van der Waals surface area (Å²) in [5, 5.41) is 0.124. The molecule has 0 radical (unpaired) electrons. The van der Waals surface area contributed by atoms with E-state index in [1.165, 1.54) is 0 Å². The Hall–Kier alpha value is -2.07. The van der Waals surface area contributed by atoms with Crippen molar-refractivity contribution < 1.29 is 31.1 Å². The molecule has 3 nitrogen and oxygen atoms in total. The molecule has 0 aliphatic carbocycles. The monoisotopic (exact) mass is 508 g/mol. The number of benzene rings is 2. The third-order valence-electron chi connectivity index (χ3n) is 5.14. The van der Waals surface area contributed by atoms with Crippen molar-refractivity contribution in [3.8, 4) is 0 Å². The number of amides is 1. The van der Waals surface area contributed by atoms with Crippen LogP contribution in [0.5, 0.6) is 0 Å². The molecule has 1 unspecified atom stereocenters. The van der Waals surface area contributed by atoms with Gasteiger partial charge in [-0.2, -0.15) is 26.3 Å². The SMILES string of the molecule is O=C(CBr)N1CCN(Cc2cc(C(F)(F)F)cc(C(F)(F)F)c2)CC1c1ccccc1. The molecule has 10 heteroatoms. The summed E-state index contributed by atoms with van der Waals surface area (Å²) in [5.74, 6) is -0.132. The minimum absolute atomic E-state index is 0.0748. The second-order valence-corrected chi connectivity index (χ2v) is 7.86. The van der Waals surface area contributed by atoms with Gasteiger partial charge in [0, 0.05) is 26.2 Å². The van der Waals surface area contributed by atoms with Gasteiger partial charge in [0.25, 0.3) is 0 Å². The molecule has 2 aromatic rings. The van der Waals surface area contributed by atoms with E-state index in [0.29, 0.717) is 19.6 Å². The minimum Gasteiger partial charge on any atom is -0.332 e. The van der Waals surface area contributed by atoms with Gasteiger partial charge < -0.3 is 4.90 Å². The Morgan fingerprint density at radius 3 is 2.03 bits per heavy atom. The van der Waals surface area contributed by atoms with Gasteiger partial charge in [0.1, 0.15) is 0 Å². The third kappa shape index (κ3) is 5.79. The lowest BCUT2D eigenvalue weighted by atomic mass is 10.0. The lowest BCUT2D eigenvalue weighted by molar-refractivity contribution is -0.143. The maximum Gasteiger partial charge on any atom is 0.416 e. The van der Waals surface area contributed by atoms with Crippen molar-refractivity contribution in [3.63, 3.8) is 0 Å². The largest absolute Gasteiger partial charge is 0.416 e. The number of rotatable bonds is 4. The van der Waals surface area contributed by atoms with Crippen molar-refractivity contribution in [2.24, 2.45) is 0 Å². The molecule has 0 N–H and O–H groups in total. The van der Waals surface area contributed by atoms with E-state index in [4.69, 9.17) is 0 Å². The molecule has 168 valence electrons. The molecule has 2 aromatic carbocycles. The highest BCUT2D eigenvalue weighted by molar-refractivity contribution is 9.09. The highest BCUT2D eigenvalue weighted by Crippen LogP contribution is 2.37. The fraction of sp³-hybridized carbons (Fsp3) is 0.381. The number of hydrogen-bond acceptors (Lipinski definition) is 2. The molecule has 1 amide bonds. The lowest BCUT2D eigenvalue weighted by Crippen LogP contribution is -2.50. The van der Waals surface area contributed by atoms with Gasteiger partial charge in [-0.25, -0.2) is 0 Å². The van der Waals surface area contributed by atoms with E-state index in [-0.39, 0.29) is 35.5 Å². The van der Waals surface area contributed by atoms with Crippen LogP contribution in [0.15, 0.2) is 48.5 Å². The second-order valence-electron chi connectivity index (χ2n) is 7.30. The van der Waals surface area contributed by atoms with Crippen LogP contribution in [0.1, 0.15) is 28.3 Å². The topological polar surface area (TPSA) is 23.6 Å². The van der Waals surface area contributed by atoms with Crippen LogP contribution in [-0.4, -0.2) is 40.7 Å². The smallest absolute Gasteiger partial charge is 0.332 e. The standard InChI is InChI=1S/C21H19BrF6N2O/c22-11-19(31)30-7-6-29(13-18(30)15-4-2-1-3-5-15)12-14-8-16(20(23,24)25)10-17(9-14)21(26,27)28/h1-5,8-10,18H,6-7,11-13H2. The van der Waals surface area contributed by atoms with E-state index >= 15 is 0 Å². The van der Waals surface area contributed by atoms with Crippen molar-refractivity contribution in [1.29, 1.82) is 0 Å². The summed E-state index contributed by atoms with van der Waals surface area (Å²) in [6.07, 6.45) is -9.77. The first-order valence-electron chi connectivity index (χ1n) is 9.40. The molecule has 1 heterocycles. The van der Waals surface area contributed by atoms with E-state index in [1.54, 1.807) is 9.80 Å². The maximum atomic E-state index is 13.1. The van der Waals surface area contributed by atoms with E-state index < -0.39 is 23.5 Å². The first kappa shape index (κ1) is 23.6. The van der Waals surface area contributed by atoms with Crippen molar-refractivity contribution in [3.05, 3.63) is 70.8 Å². The average Bonchev–Trinajstić information content (AvgIpc) is 2.72. The van der Waals surface area contributed by atoms with Crippen molar-refractivity contribution in [2.45, 2.75) is 24.9 Å². The van der Waals surface area contributed by atoms with E-state index in [0.717, 1.165) is 17.7 Å². The Kier molecular flexibility index (Phi) is 7.00. The summed E-state index contributed by atoms with van der Waals surface area (Å²) in [6.45, 7) is 0.849. The molecule has 1 aliphatic rings. The molecular weight excluding hydrogens is 490 g/mol. The predicted molar refractivity (Wildman–Crippen MR) is 106 cm³/mol. The van der Waals surface area contributed by atoms with E-state index in [9.17, 15) is 31.1 Å². The molecule has 0 aromatic heterocycles. The van der Waals surface area contributed by atoms with Crippen LogP contribution in [0.2, 0.25) is 0 Å². The van der Waals surface area contributed by atoms with Gasteiger partial charge >= 0.3 is 12.4 Å². The number of carbonyl (C=O) groups is 1. The van der Waals surface area contributed by atoms with Gasteiger partial charge in [-0.1, -0.05) is 46.3 Å². The highest BCUT2D eigenvalue weighted by Gasteiger charge is 2.37. The van der Waals surface area contributed by atoms with Gasteiger partial charge in [0.05, 0.1) is 22.5 Å². The summed E-state index contributed by atoms with van der Waals surface area (Å²) in [5.41, 5.74) is -1.88. The van der Waals surface area contributed by atoms with Crippen molar-refractivity contribution in [1.82, 2.24) is 9.80 Å². The zero-order valence-electron chi connectivity index (χ0n) is 16.2. The highest BCUT2D eigenvalue weighted by atomic mass is 79.9.